The van der Waals surface area contributed by atoms with Crippen LogP contribution in [0.3, 0.4) is 0 Å². The summed E-state index contributed by atoms with van der Waals surface area (Å²) in [4.78, 5) is 30.5. The summed E-state index contributed by atoms with van der Waals surface area (Å²) in [7, 11) is 1.58. The molecule has 0 aliphatic heterocycles. The van der Waals surface area contributed by atoms with Gasteiger partial charge in [-0.25, -0.2) is 9.78 Å². The lowest BCUT2D eigenvalue weighted by Crippen LogP contribution is -2.40. The lowest BCUT2D eigenvalue weighted by molar-refractivity contribution is -0.117. The number of halogens is 3. The number of aromatic nitrogens is 2. The van der Waals surface area contributed by atoms with Crippen molar-refractivity contribution in [2.45, 2.75) is 13.5 Å². The van der Waals surface area contributed by atoms with Gasteiger partial charge in [0, 0.05) is 30.0 Å². The van der Waals surface area contributed by atoms with Crippen LogP contribution in [0.15, 0.2) is 54.2 Å². The highest BCUT2D eigenvalue weighted by atomic mass is 35.5. The van der Waals surface area contributed by atoms with Gasteiger partial charge < -0.3 is 19.4 Å². The summed E-state index contributed by atoms with van der Waals surface area (Å²) in [6.07, 6.45) is 3.79. The zero-order valence-corrected chi connectivity index (χ0v) is 21.9. The van der Waals surface area contributed by atoms with E-state index in [1.54, 1.807) is 25.2 Å². The highest BCUT2D eigenvalue weighted by Gasteiger charge is 2.19. The van der Waals surface area contributed by atoms with E-state index in [0.29, 0.717) is 32.7 Å². The average Bonchev–Trinajstić information content (AvgIpc) is 3.45. The molecule has 2 N–H and O–H groups in total. The fourth-order valence-electron chi connectivity index (χ4n) is 3.26. The van der Waals surface area contributed by atoms with Gasteiger partial charge in [0.05, 0.1) is 27.9 Å². The fourth-order valence-corrected chi connectivity index (χ4v) is 4.48. The van der Waals surface area contributed by atoms with E-state index in [2.05, 4.69) is 15.6 Å². The molecule has 1 aromatic carbocycles. The van der Waals surface area contributed by atoms with Crippen molar-refractivity contribution in [1.29, 1.82) is 0 Å². The van der Waals surface area contributed by atoms with E-state index in [4.69, 9.17) is 27.9 Å². The molecule has 8 nitrogen and oxygen atoms in total. The Morgan fingerprint density at radius 1 is 1.20 bits per heavy atom. The van der Waals surface area contributed by atoms with E-state index in [1.807, 2.05) is 47.3 Å². The van der Waals surface area contributed by atoms with Gasteiger partial charge in [-0.05, 0) is 48.7 Å². The third-order valence-electron chi connectivity index (χ3n) is 5.00. The van der Waals surface area contributed by atoms with Crippen LogP contribution in [-0.4, -0.2) is 34.9 Å². The Balaban J connectivity index is 0.00000342. The molecular formula is C23H22Cl3N5O3S. The van der Waals surface area contributed by atoms with Crippen LogP contribution in [0.4, 0.5) is 15.5 Å². The second kappa shape index (κ2) is 11.6. The minimum atomic E-state index is -0.469. The molecule has 0 unspecified atom stereocenters. The van der Waals surface area contributed by atoms with E-state index in [9.17, 15) is 9.59 Å². The van der Waals surface area contributed by atoms with Crippen LogP contribution >= 0.6 is 46.9 Å². The summed E-state index contributed by atoms with van der Waals surface area (Å²) in [6.45, 7) is 1.78. The first kappa shape index (κ1) is 26.6. The van der Waals surface area contributed by atoms with Crippen molar-refractivity contribution in [2.75, 3.05) is 23.8 Å². The summed E-state index contributed by atoms with van der Waals surface area (Å²) in [5.74, 6) is 0.230. The van der Waals surface area contributed by atoms with Crippen LogP contribution < -0.4 is 20.3 Å². The number of benzene rings is 1. The average molecular weight is 555 g/mol. The van der Waals surface area contributed by atoms with Crippen LogP contribution in [0, 0.1) is 6.92 Å². The molecule has 4 aromatic rings. The molecule has 3 aromatic heterocycles. The van der Waals surface area contributed by atoms with Crippen molar-refractivity contribution < 1.29 is 14.3 Å². The molecule has 0 bridgehead atoms. The maximum atomic E-state index is 12.7. The molecule has 0 fully saturated rings. The number of urea groups is 1. The molecule has 0 aliphatic carbocycles. The topological polar surface area (TPSA) is 88.0 Å². The molecule has 0 saturated heterocycles. The minimum absolute atomic E-state index is 0. The summed E-state index contributed by atoms with van der Waals surface area (Å²) < 4.78 is 7.86. The van der Waals surface area contributed by atoms with Gasteiger partial charge in [0.15, 0.2) is 11.4 Å². The predicted molar refractivity (Wildman–Crippen MR) is 143 cm³/mol. The van der Waals surface area contributed by atoms with Crippen LogP contribution in [0.2, 0.25) is 10.0 Å². The Morgan fingerprint density at radius 2 is 2.00 bits per heavy atom. The summed E-state index contributed by atoms with van der Waals surface area (Å²) in [5.41, 5.74) is 2.54. The summed E-state index contributed by atoms with van der Waals surface area (Å²) in [5, 5.41) is 8.43. The SMILES string of the molecule is Cc1cn2cccc(OCc3c(Cl)ccc(N(C)C(=O)CNC(=O)Nc4cccs4)c3Cl)c2n1.Cl. The lowest BCUT2D eigenvalue weighted by atomic mass is 10.2. The normalized spacial score (nSPS) is 10.5. The van der Waals surface area contributed by atoms with Gasteiger partial charge in [-0.1, -0.05) is 23.2 Å². The molecule has 3 amide bonds. The Labute approximate surface area is 222 Å². The smallest absolute Gasteiger partial charge is 0.320 e. The first-order valence-electron chi connectivity index (χ1n) is 10.2. The molecule has 4 rings (SSSR count). The third-order valence-corrected chi connectivity index (χ3v) is 6.56. The van der Waals surface area contributed by atoms with Crippen LogP contribution in [0.5, 0.6) is 5.75 Å². The van der Waals surface area contributed by atoms with Gasteiger partial charge in [-0.3, -0.25) is 10.1 Å². The molecule has 184 valence electrons. The van der Waals surface area contributed by atoms with E-state index in [-0.39, 0.29) is 36.5 Å². The number of hydrogen-bond donors (Lipinski definition) is 2. The standard InChI is InChI=1S/C23H21Cl2N5O3S.ClH/c1-14-12-30-9-3-5-18(22(30)27-14)33-13-15-16(24)7-8-17(21(15)25)29(2)20(31)11-26-23(32)28-19-6-4-10-34-19;/h3-10,12H,11,13H2,1-2H3,(H2,26,28,32);1H. The van der Waals surface area contributed by atoms with Crippen LogP contribution in [0.25, 0.3) is 5.65 Å². The van der Waals surface area contributed by atoms with Crippen molar-refractivity contribution in [2.24, 2.45) is 0 Å². The molecule has 35 heavy (non-hydrogen) atoms. The highest BCUT2D eigenvalue weighted by molar-refractivity contribution is 7.14. The minimum Gasteiger partial charge on any atom is -0.485 e. The van der Waals surface area contributed by atoms with Crippen molar-refractivity contribution in [1.82, 2.24) is 14.7 Å². The number of nitrogens with zero attached hydrogens (tertiary/aromatic N) is 3. The van der Waals surface area contributed by atoms with Gasteiger partial charge in [-0.15, -0.1) is 23.7 Å². The number of carbonyl (C=O) groups excluding carboxylic acids is 2. The number of likely N-dealkylation sites (N-methyl/N-ethyl adjacent to an activating group) is 1. The molecule has 0 aliphatic rings. The molecule has 12 heteroatoms. The number of ether oxygens (including phenoxy) is 1. The predicted octanol–water partition coefficient (Wildman–Crippen LogP) is 5.80. The number of pyridine rings is 1. The van der Waals surface area contributed by atoms with Crippen LogP contribution in [-0.2, 0) is 11.4 Å². The van der Waals surface area contributed by atoms with Gasteiger partial charge >= 0.3 is 6.03 Å². The van der Waals surface area contributed by atoms with Gasteiger partial charge in [-0.2, -0.15) is 0 Å². The maximum Gasteiger partial charge on any atom is 0.320 e. The first-order chi connectivity index (χ1) is 16.3. The number of hydrogen-bond acceptors (Lipinski definition) is 5. The molecule has 0 atom stereocenters. The van der Waals surface area contributed by atoms with Crippen molar-refractivity contribution in [3.05, 3.63) is 75.5 Å². The van der Waals surface area contributed by atoms with E-state index < -0.39 is 6.03 Å². The Morgan fingerprint density at radius 3 is 2.74 bits per heavy atom. The second-order valence-corrected chi connectivity index (χ2v) is 9.10. The number of anilines is 2. The second-order valence-electron chi connectivity index (χ2n) is 7.37. The molecule has 0 radical (unpaired) electrons. The first-order valence-corrected chi connectivity index (χ1v) is 11.9. The lowest BCUT2D eigenvalue weighted by Gasteiger charge is -2.21. The van der Waals surface area contributed by atoms with Gasteiger partial charge in [0.1, 0.15) is 6.61 Å². The number of rotatable bonds is 7. The Hall–Kier alpha value is -2.98. The maximum absolute atomic E-state index is 12.7. The number of fused-ring (bicyclic) bond motifs is 1. The monoisotopic (exact) mass is 553 g/mol. The zero-order valence-electron chi connectivity index (χ0n) is 18.7. The number of nitrogens with one attached hydrogen (secondary N) is 2. The number of carbonyl (C=O) groups is 2. The quantitative estimate of drug-likeness (QED) is 0.302. The Kier molecular flexibility index (Phi) is 8.85. The molecule has 0 saturated carbocycles. The number of aryl methyl sites for hydroxylation is 1. The molecule has 0 spiro atoms. The van der Waals surface area contributed by atoms with E-state index in [0.717, 1.165) is 5.69 Å². The number of amides is 3. The van der Waals surface area contributed by atoms with Crippen molar-refractivity contribution in [3.63, 3.8) is 0 Å². The van der Waals surface area contributed by atoms with Gasteiger partial charge in [0.25, 0.3) is 0 Å². The van der Waals surface area contributed by atoms with E-state index in [1.165, 1.54) is 16.2 Å². The van der Waals surface area contributed by atoms with E-state index >= 15 is 0 Å². The summed E-state index contributed by atoms with van der Waals surface area (Å²) in [6, 6.07) is 10.1. The van der Waals surface area contributed by atoms with Gasteiger partial charge in [0.2, 0.25) is 5.91 Å². The molecule has 3 heterocycles. The van der Waals surface area contributed by atoms with Crippen molar-refractivity contribution in [3.8, 4) is 5.75 Å². The van der Waals surface area contributed by atoms with Crippen LogP contribution in [0.1, 0.15) is 11.3 Å². The number of thiophene rings is 1. The molecular weight excluding hydrogens is 533 g/mol. The fraction of sp³-hybridized carbons (Fsp3) is 0.174. The largest absolute Gasteiger partial charge is 0.485 e. The highest BCUT2D eigenvalue weighted by Crippen LogP contribution is 2.35. The Bertz CT molecular complexity index is 1340. The summed E-state index contributed by atoms with van der Waals surface area (Å²) >= 11 is 14.4. The van der Waals surface area contributed by atoms with Crippen molar-refractivity contribution >= 4 is 75.2 Å². The number of imidazole rings is 1. The zero-order chi connectivity index (χ0) is 24.2. The third kappa shape index (κ3) is 6.18.